The molecule has 0 bridgehead atoms. The highest BCUT2D eigenvalue weighted by atomic mass is 16.5. The Morgan fingerprint density at radius 2 is 2.00 bits per heavy atom. The summed E-state index contributed by atoms with van der Waals surface area (Å²) in [5, 5.41) is 20.5. The van der Waals surface area contributed by atoms with E-state index in [1.807, 2.05) is 0 Å². The van der Waals surface area contributed by atoms with Gasteiger partial charge in [0.25, 0.3) is 0 Å². The van der Waals surface area contributed by atoms with Gasteiger partial charge < -0.3 is 20.8 Å². The maximum atomic E-state index is 8.94. The van der Waals surface area contributed by atoms with Crippen molar-refractivity contribution in [3.05, 3.63) is 53.7 Å². The Labute approximate surface area is 109 Å². The molecule has 0 aliphatic rings. The normalized spacial score (nSPS) is 11.3. The number of aliphatic hydroxyl groups is 1. The van der Waals surface area contributed by atoms with Gasteiger partial charge >= 0.3 is 0 Å². The van der Waals surface area contributed by atoms with Crippen molar-refractivity contribution >= 4 is 5.84 Å². The number of oxime groups is 1. The van der Waals surface area contributed by atoms with Crippen molar-refractivity contribution in [2.75, 3.05) is 0 Å². The lowest BCUT2D eigenvalue weighted by Crippen LogP contribution is -2.13. The molecular weight excluding hydrogens is 246 g/mol. The second-order valence-corrected chi connectivity index (χ2v) is 3.77. The number of ether oxygens (including phenoxy) is 1. The van der Waals surface area contributed by atoms with Gasteiger partial charge in [0, 0.05) is 17.8 Å². The van der Waals surface area contributed by atoms with Crippen LogP contribution in [0.5, 0.6) is 11.6 Å². The summed E-state index contributed by atoms with van der Waals surface area (Å²) in [6, 6.07) is 10.1. The maximum absolute atomic E-state index is 8.94. The van der Waals surface area contributed by atoms with Gasteiger partial charge in [-0.05, 0) is 23.8 Å². The van der Waals surface area contributed by atoms with Crippen LogP contribution in [0, 0.1) is 0 Å². The number of aromatic nitrogens is 1. The molecule has 1 aromatic carbocycles. The van der Waals surface area contributed by atoms with Gasteiger partial charge in [-0.2, -0.15) is 0 Å². The summed E-state index contributed by atoms with van der Waals surface area (Å²) in [5.74, 6) is 0.907. The second-order valence-electron chi connectivity index (χ2n) is 3.77. The van der Waals surface area contributed by atoms with Crippen molar-refractivity contribution in [3.63, 3.8) is 0 Å². The summed E-state index contributed by atoms with van der Waals surface area (Å²) < 4.78 is 5.53. The molecule has 0 saturated carbocycles. The molecule has 0 amide bonds. The number of nitrogens with two attached hydrogens (primary N) is 1. The van der Waals surface area contributed by atoms with E-state index in [1.165, 1.54) is 6.20 Å². The minimum absolute atomic E-state index is 0.0112. The molecule has 2 rings (SSSR count). The van der Waals surface area contributed by atoms with Crippen LogP contribution in [-0.2, 0) is 6.61 Å². The first-order valence-electron chi connectivity index (χ1n) is 5.54. The van der Waals surface area contributed by atoms with E-state index < -0.39 is 0 Å². The molecule has 1 heterocycles. The molecule has 0 saturated heterocycles. The molecule has 0 aliphatic carbocycles. The molecule has 2 aromatic rings. The Bertz CT molecular complexity index is 582. The molecule has 4 N–H and O–H groups in total. The molecule has 0 atom stereocenters. The molecule has 0 radical (unpaired) electrons. The molecular formula is C13H13N3O3. The first-order valence-corrected chi connectivity index (χ1v) is 5.54. The topological polar surface area (TPSA) is 101 Å². The quantitative estimate of drug-likeness (QED) is 0.334. The van der Waals surface area contributed by atoms with Crippen LogP contribution in [0.3, 0.4) is 0 Å². The highest BCUT2D eigenvalue weighted by Crippen LogP contribution is 2.20. The fourth-order valence-corrected chi connectivity index (χ4v) is 1.47. The van der Waals surface area contributed by atoms with E-state index in [1.54, 1.807) is 36.4 Å². The van der Waals surface area contributed by atoms with Crippen LogP contribution in [0.25, 0.3) is 0 Å². The van der Waals surface area contributed by atoms with Gasteiger partial charge in [-0.15, -0.1) is 0 Å². The van der Waals surface area contributed by atoms with Crippen LogP contribution in [0.15, 0.2) is 47.8 Å². The van der Waals surface area contributed by atoms with E-state index >= 15 is 0 Å². The minimum atomic E-state index is -0.0164. The molecule has 98 valence electrons. The van der Waals surface area contributed by atoms with Crippen LogP contribution in [-0.4, -0.2) is 21.1 Å². The van der Waals surface area contributed by atoms with Crippen LogP contribution < -0.4 is 10.5 Å². The number of aliphatic hydroxyl groups excluding tert-OH is 1. The van der Waals surface area contributed by atoms with Crippen molar-refractivity contribution in [3.8, 4) is 11.6 Å². The molecule has 0 aliphatic heterocycles. The Morgan fingerprint density at radius 1 is 1.26 bits per heavy atom. The predicted octanol–water partition coefficient (Wildman–Crippen LogP) is 1.46. The number of hydrogen-bond acceptors (Lipinski definition) is 5. The summed E-state index contributed by atoms with van der Waals surface area (Å²) in [6.45, 7) is -0.0164. The van der Waals surface area contributed by atoms with E-state index in [0.29, 0.717) is 17.2 Å². The van der Waals surface area contributed by atoms with Gasteiger partial charge in [0.2, 0.25) is 5.88 Å². The van der Waals surface area contributed by atoms with Crippen molar-refractivity contribution in [2.24, 2.45) is 10.9 Å². The van der Waals surface area contributed by atoms with Crippen molar-refractivity contribution in [1.29, 1.82) is 0 Å². The van der Waals surface area contributed by atoms with Crippen molar-refractivity contribution < 1.29 is 15.1 Å². The van der Waals surface area contributed by atoms with Crippen molar-refractivity contribution in [2.45, 2.75) is 6.61 Å². The zero-order valence-electron chi connectivity index (χ0n) is 10.0. The lowest BCUT2D eigenvalue weighted by molar-refractivity contribution is 0.281. The second kappa shape index (κ2) is 5.83. The SMILES string of the molecule is NC(=NO)c1ccnc(Oc2ccc(CO)cc2)c1. The molecule has 0 unspecified atom stereocenters. The first kappa shape index (κ1) is 12.8. The van der Waals surface area contributed by atoms with Gasteiger partial charge in [-0.1, -0.05) is 17.3 Å². The third kappa shape index (κ3) is 3.20. The van der Waals surface area contributed by atoms with Gasteiger partial charge in [-0.3, -0.25) is 0 Å². The summed E-state index contributed by atoms with van der Waals surface area (Å²) in [5.41, 5.74) is 6.79. The zero-order chi connectivity index (χ0) is 13.7. The molecule has 0 spiro atoms. The number of benzene rings is 1. The molecule has 6 heteroatoms. The van der Waals surface area contributed by atoms with Gasteiger partial charge in [-0.25, -0.2) is 4.98 Å². The van der Waals surface area contributed by atoms with Crippen LogP contribution >= 0.6 is 0 Å². The highest BCUT2D eigenvalue weighted by Gasteiger charge is 2.04. The van der Waals surface area contributed by atoms with Gasteiger partial charge in [0.1, 0.15) is 5.75 Å². The van der Waals surface area contributed by atoms with Crippen LogP contribution in [0.1, 0.15) is 11.1 Å². The largest absolute Gasteiger partial charge is 0.439 e. The molecule has 6 nitrogen and oxygen atoms in total. The Hall–Kier alpha value is -2.60. The third-order valence-electron chi connectivity index (χ3n) is 2.47. The zero-order valence-corrected chi connectivity index (χ0v) is 10.0. The fraction of sp³-hybridized carbons (Fsp3) is 0.0769. The summed E-state index contributed by atoms with van der Waals surface area (Å²) in [6.07, 6.45) is 1.50. The lowest BCUT2D eigenvalue weighted by atomic mass is 10.2. The number of amidine groups is 1. The Kier molecular flexibility index (Phi) is 3.94. The van der Waals surface area contributed by atoms with E-state index in [-0.39, 0.29) is 12.4 Å². The predicted molar refractivity (Wildman–Crippen MR) is 69.2 cm³/mol. The highest BCUT2D eigenvalue weighted by molar-refractivity contribution is 5.97. The van der Waals surface area contributed by atoms with Crippen LogP contribution in [0.2, 0.25) is 0 Å². The molecule has 0 fully saturated rings. The number of pyridine rings is 1. The standard InChI is InChI=1S/C13H13N3O3/c14-13(16-18)10-5-6-15-12(7-10)19-11-3-1-9(8-17)2-4-11/h1-7,17-18H,8H2,(H2,14,16). The Morgan fingerprint density at radius 3 is 2.63 bits per heavy atom. The van der Waals surface area contributed by atoms with E-state index in [0.717, 1.165) is 5.56 Å². The monoisotopic (exact) mass is 259 g/mol. The molecule has 19 heavy (non-hydrogen) atoms. The summed E-state index contributed by atoms with van der Waals surface area (Å²) >= 11 is 0. The smallest absolute Gasteiger partial charge is 0.219 e. The molecule has 1 aromatic heterocycles. The van der Waals surface area contributed by atoms with E-state index in [9.17, 15) is 0 Å². The third-order valence-corrected chi connectivity index (χ3v) is 2.47. The van der Waals surface area contributed by atoms with Crippen molar-refractivity contribution in [1.82, 2.24) is 4.98 Å². The summed E-state index contributed by atoms with van der Waals surface area (Å²) in [4.78, 5) is 4.03. The maximum Gasteiger partial charge on any atom is 0.219 e. The van der Waals surface area contributed by atoms with E-state index in [4.69, 9.17) is 20.8 Å². The average molecular weight is 259 g/mol. The minimum Gasteiger partial charge on any atom is -0.439 e. The van der Waals surface area contributed by atoms with E-state index in [2.05, 4.69) is 10.1 Å². The number of nitrogens with zero attached hydrogens (tertiary/aromatic N) is 2. The van der Waals surface area contributed by atoms with Gasteiger partial charge in [0.15, 0.2) is 5.84 Å². The van der Waals surface area contributed by atoms with Crippen LogP contribution in [0.4, 0.5) is 0 Å². The van der Waals surface area contributed by atoms with Gasteiger partial charge in [0.05, 0.1) is 6.61 Å². The fourth-order valence-electron chi connectivity index (χ4n) is 1.47. The Balaban J connectivity index is 2.18. The first-order chi connectivity index (χ1) is 9.22. The number of rotatable bonds is 4. The summed E-state index contributed by atoms with van der Waals surface area (Å²) in [7, 11) is 0. The number of hydrogen-bond donors (Lipinski definition) is 3. The lowest BCUT2D eigenvalue weighted by Gasteiger charge is -2.06. The average Bonchev–Trinajstić information content (AvgIpc) is 2.47.